The molecule has 0 saturated carbocycles. The smallest absolute Gasteiger partial charge is 0.322 e. The maximum atomic E-state index is 13.3. The molecule has 0 radical (unpaired) electrons. The molecule has 8 heteroatoms. The van der Waals surface area contributed by atoms with Gasteiger partial charge in [0.1, 0.15) is 11.6 Å². The van der Waals surface area contributed by atoms with Crippen molar-refractivity contribution in [3.63, 3.8) is 0 Å². The summed E-state index contributed by atoms with van der Waals surface area (Å²) < 4.78 is 18.5. The highest BCUT2D eigenvalue weighted by atomic mass is 19.1. The van der Waals surface area contributed by atoms with E-state index in [1.165, 1.54) is 12.1 Å². The average Bonchev–Trinajstić information content (AvgIpc) is 3.36. The zero-order valence-electron chi connectivity index (χ0n) is 15.5. The van der Waals surface area contributed by atoms with E-state index in [2.05, 4.69) is 10.6 Å². The molecule has 2 aliphatic heterocycles. The first-order valence-electron chi connectivity index (χ1n) is 9.52. The van der Waals surface area contributed by atoms with Crippen LogP contribution in [0.2, 0.25) is 0 Å². The third kappa shape index (κ3) is 3.95. The Morgan fingerprint density at radius 1 is 1.14 bits per heavy atom. The lowest BCUT2D eigenvalue weighted by molar-refractivity contribution is 0.175. The highest BCUT2D eigenvalue weighted by Crippen LogP contribution is 2.28. The van der Waals surface area contributed by atoms with Gasteiger partial charge in [0.05, 0.1) is 12.8 Å². The predicted octanol–water partition coefficient (Wildman–Crippen LogP) is 2.87. The molecular formula is C20H23FN4O3. The van der Waals surface area contributed by atoms with Crippen LogP contribution in [0.3, 0.4) is 0 Å². The Labute approximate surface area is 162 Å². The van der Waals surface area contributed by atoms with Gasteiger partial charge in [-0.15, -0.1) is 0 Å². The summed E-state index contributed by atoms with van der Waals surface area (Å²) in [6.07, 6.45) is 3.63. The van der Waals surface area contributed by atoms with Crippen molar-refractivity contribution in [3.05, 3.63) is 53.7 Å². The molecule has 2 aliphatic rings. The van der Waals surface area contributed by atoms with Gasteiger partial charge < -0.3 is 20.0 Å². The van der Waals surface area contributed by atoms with E-state index in [9.17, 15) is 14.0 Å². The minimum absolute atomic E-state index is 0.0196. The van der Waals surface area contributed by atoms with Crippen LogP contribution in [0.5, 0.6) is 0 Å². The Hall–Kier alpha value is -3.03. The van der Waals surface area contributed by atoms with Crippen LogP contribution in [0.4, 0.5) is 19.7 Å². The highest BCUT2D eigenvalue weighted by molar-refractivity contribution is 5.94. The zero-order chi connectivity index (χ0) is 19.5. The molecule has 1 aromatic carbocycles. The van der Waals surface area contributed by atoms with Gasteiger partial charge in [0.25, 0.3) is 0 Å². The van der Waals surface area contributed by atoms with Crippen molar-refractivity contribution in [1.29, 1.82) is 0 Å². The van der Waals surface area contributed by atoms with Crippen LogP contribution < -0.4 is 15.5 Å². The molecule has 0 atom stereocenters. The van der Waals surface area contributed by atoms with Gasteiger partial charge in [0.15, 0.2) is 0 Å². The first-order valence-corrected chi connectivity index (χ1v) is 9.52. The fourth-order valence-corrected chi connectivity index (χ4v) is 3.75. The number of benzene rings is 1. The second kappa shape index (κ2) is 7.92. The highest BCUT2D eigenvalue weighted by Gasteiger charge is 2.29. The quantitative estimate of drug-likeness (QED) is 0.852. The number of urea groups is 2. The van der Waals surface area contributed by atoms with E-state index in [0.29, 0.717) is 51.2 Å². The van der Waals surface area contributed by atoms with Crippen molar-refractivity contribution >= 4 is 17.7 Å². The number of carbonyl (C=O) groups is 2. The van der Waals surface area contributed by atoms with Crippen LogP contribution in [0.1, 0.15) is 24.2 Å². The largest absolute Gasteiger partial charge is 0.467 e. The summed E-state index contributed by atoms with van der Waals surface area (Å²) in [7, 11) is 0. The van der Waals surface area contributed by atoms with E-state index in [1.54, 1.807) is 28.2 Å². The lowest BCUT2D eigenvalue weighted by Gasteiger charge is -2.33. The summed E-state index contributed by atoms with van der Waals surface area (Å²) >= 11 is 0. The second-order valence-electron chi connectivity index (χ2n) is 7.12. The topological polar surface area (TPSA) is 77.8 Å². The summed E-state index contributed by atoms with van der Waals surface area (Å²) in [4.78, 5) is 28.3. The molecule has 0 bridgehead atoms. The van der Waals surface area contributed by atoms with E-state index < -0.39 is 0 Å². The molecular weight excluding hydrogens is 363 g/mol. The van der Waals surface area contributed by atoms with Crippen LogP contribution in [-0.2, 0) is 13.0 Å². The molecule has 7 nitrogen and oxygen atoms in total. The predicted molar refractivity (Wildman–Crippen MR) is 102 cm³/mol. The van der Waals surface area contributed by atoms with Crippen LogP contribution in [0.15, 0.2) is 41.0 Å². The SMILES string of the molecule is O=C(NCc1ccco1)N1CCC(NC(=O)N2CCc3cc(F)ccc32)CC1. The number of rotatable bonds is 3. The summed E-state index contributed by atoms with van der Waals surface area (Å²) in [5, 5.41) is 5.89. The normalized spacial score (nSPS) is 16.8. The molecule has 4 amide bonds. The maximum absolute atomic E-state index is 13.3. The van der Waals surface area contributed by atoms with Gasteiger partial charge in [-0.25, -0.2) is 14.0 Å². The Bertz CT molecular complexity index is 847. The van der Waals surface area contributed by atoms with Gasteiger partial charge in [0, 0.05) is 31.4 Å². The third-order valence-electron chi connectivity index (χ3n) is 5.29. The molecule has 1 saturated heterocycles. The van der Waals surface area contributed by atoms with Gasteiger partial charge in [-0.05, 0) is 55.2 Å². The van der Waals surface area contributed by atoms with Gasteiger partial charge in [-0.2, -0.15) is 0 Å². The molecule has 2 aromatic rings. The number of hydrogen-bond donors (Lipinski definition) is 2. The number of nitrogens with one attached hydrogen (secondary N) is 2. The fourth-order valence-electron chi connectivity index (χ4n) is 3.75. The molecule has 1 aromatic heterocycles. The molecule has 2 N–H and O–H groups in total. The minimum atomic E-state index is -0.279. The zero-order valence-corrected chi connectivity index (χ0v) is 15.5. The lowest BCUT2D eigenvalue weighted by Crippen LogP contribution is -2.51. The van der Waals surface area contributed by atoms with E-state index >= 15 is 0 Å². The van der Waals surface area contributed by atoms with Crippen molar-refractivity contribution in [2.75, 3.05) is 24.5 Å². The number of nitrogens with zero attached hydrogens (tertiary/aromatic N) is 2. The Balaban J connectivity index is 1.24. The number of halogens is 1. The number of amides is 4. The number of piperidine rings is 1. The van der Waals surface area contributed by atoms with Crippen molar-refractivity contribution in [1.82, 2.24) is 15.5 Å². The molecule has 0 spiro atoms. The van der Waals surface area contributed by atoms with Gasteiger partial charge >= 0.3 is 12.1 Å². The second-order valence-corrected chi connectivity index (χ2v) is 7.12. The third-order valence-corrected chi connectivity index (χ3v) is 5.29. The van der Waals surface area contributed by atoms with Crippen LogP contribution >= 0.6 is 0 Å². The average molecular weight is 386 g/mol. The van der Waals surface area contributed by atoms with Crippen LogP contribution in [0, 0.1) is 5.82 Å². The molecule has 0 unspecified atom stereocenters. The van der Waals surface area contributed by atoms with Gasteiger partial charge in [-0.1, -0.05) is 0 Å². The summed E-state index contributed by atoms with van der Waals surface area (Å²) in [5.74, 6) is 0.431. The Morgan fingerprint density at radius 2 is 1.96 bits per heavy atom. The molecule has 148 valence electrons. The molecule has 3 heterocycles. The maximum Gasteiger partial charge on any atom is 0.322 e. The summed E-state index contributed by atoms with van der Waals surface area (Å²) in [5.41, 5.74) is 1.63. The standard InChI is InChI=1S/C20H23FN4O3/c21-15-3-4-18-14(12-15)5-10-25(18)20(27)23-16-6-8-24(9-7-16)19(26)22-13-17-2-1-11-28-17/h1-4,11-12,16H,5-10,13H2,(H,22,26)(H,23,27). The monoisotopic (exact) mass is 386 g/mol. The number of carbonyl (C=O) groups excluding carboxylic acids is 2. The Kier molecular flexibility index (Phi) is 5.18. The number of furan rings is 1. The van der Waals surface area contributed by atoms with Gasteiger partial charge in [0.2, 0.25) is 0 Å². The molecule has 1 fully saturated rings. The Morgan fingerprint density at radius 3 is 2.71 bits per heavy atom. The first kappa shape index (κ1) is 18.3. The van der Waals surface area contributed by atoms with Crippen molar-refractivity contribution in [2.24, 2.45) is 0 Å². The van der Waals surface area contributed by atoms with E-state index in [-0.39, 0.29) is 23.9 Å². The minimum Gasteiger partial charge on any atom is -0.467 e. The first-order chi connectivity index (χ1) is 13.6. The molecule has 4 rings (SSSR count). The van der Waals surface area contributed by atoms with Crippen LogP contribution in [0.25, 0.3) is 0 Å². The summed E-state index contributed by atoms with van der Waals surface area (Å²) in [6.45, 7) is 2.07. The van der Waals surface area contributed by atoms with E-state index in [4.69, 9.17) is 4.42 Å². The molecule has 28 heavy (non-hydrogen) atoms. The lowest BCUT2D eigenvalue weighted by atomic mass is 10.1. The number of anilines is 1. The fraction of sp³-hybridized carbons (Fsp3) is 0.400. The number of fused-ring (bicyclic) bond motifs is 1. The van der Waals surface area contributed by atoms with E-state index in [1.807, 2.05) is 6.07 Å². The van der Waals surface area contributed by atoms with Gasteiger partial charge in [-0.3, -0.25) is 4.90 Å². The van der Waals surface area contributed by atoms with Crippen molar-refractivity contribution in [3.8, 4) is 0 Å². The van der Waals surface area contributed by atoms with Crippen LogP contribution in [-0.4, -0.2) is 42.6 Å². The molecule has 0 aliphatic carbocycles. The van der Waals surface area contributed by atoms with E-state index in [0.717, 1.165) is 11.3 Å². The number of hydrogen-bond acceptors (Lipinski definition) is 3. The van der Waals surface area contributed by atoms with Crippen molar-refractivity contribution in [2.45, 2.75) is 31.8 Å². The van der Waals surface area contributed by atoms with Crippen molar-refractivity contribution < 1.29 is 18.4 Å². The summed E-state index contributed by atoms with van der Waals surface area (Å²) in [6, 6.07) is 7.85. The number of likely N-dealkylation sites (tertiary alicyclic amines) is 1.